The van der Waals surface area contributed by atoms with Gasteiger partial charge in [-0.05, 0) is 25.1 Å². The van der Waals surface area contributed by atoms with Gasteiger partial charge in [0, 0.05) is 45.3 Å². The molecule has 1 saturated heterocycles. The van der Waals surface area contributed by atoms with Gasteiger partial charge in [-0.3, -0.25) is 14.5 Å². The fraction of sp³-hybridized carbons (Fsp3) is 0.421. The van der Waals surface area contributed by atoms with Crippen LogP contribution in [0.4, 0.5) is 0 Å². The van der Waals surface area contributed by atoms with Gasteiger partial charge in [-0.25, -0.2) is 4.98 Å². The lowest BCUT2D eigenvalue weighted by molar-refractivity contribution is 0.0628. The van der Waals surface area contributed by atoms with Crippen LogP contribution in [-0.2, 0) is 6.54 Å². The van der Waals surface area contributed by atoms with Crippen LogP contribution in [0.25, 0.3) is 0 Å². The molecule has 0 N–H and O–H groups in total. The molecular formula is C19H22Cl2N4O2S. The number of aryl methyl sites for hydroxylation is 1. The zero-order chi connectivity index (χ0) is 20.4. The number of benzene rings is 1. The van der Waals surface area contributed by atoms with Gasteiger partial charge in [-0.15, -0.1) is 11.3 Å². The van der Waals surface area contributed by atoms with E-state index >= 15 is 0 Å². The first kappa shape index (κ1) is 21.0. The molecule has 0 atom stereocenters. The standard InChI is InChI=1S/C19H22Cl2N4O2S/c1-12-17(19(27)23(2)3)28-16(22-12)11-24-6-8-25(9-7-24)18(26)14-5-4-13(20)10-15(14)21/h4-5,10H,6-9,11H2,1-3H3. The number of hydrogen-bond acceptors (Lipinski definition) is 5. The molecule has 28 heavy (non-hydrogen) atoms. The third-order valence-electron chi connectivity index (χ3n) is 4.62. The first-order chi connectivity index (χ1) is 13.3. The van der Waals surface area contributed by atoms with Crippen molar-refractivity contribution in [2.45, 2.75) is 13.5 Å². The predicted molar refractivity (Wildman–Crippen MR) is 113 cm³/mol. The largest absolute Gasteiger partial charge is 0.344 e. The molecule has 150 valence electrons. The van der Waals surface area contributed by atoms with E-state index in [2.05, 4.69) is 9.88 Å². The van der Waals surface area contributed by atoms with Gasteiger partial charge in [0.2, 0.25) is 0 Å². The van der Waals surface area contributed by atoms with E-state index in [9.17, 15) is 9.59 Å². The minimum Gasteiger partial charge on any atom is -0.344 e. The molecule has 0 saturated carbocycles. The van der Waals surface area contributed by atoms with E-state index in [1.807, 2.05) is 6.92 Å². The average Bonchev–Trinajstić information content (AvgIpc) is 3.01. The fourth-order valence-corrected chi connectivity index (χ4v) is 4.67. The third kappa shape index (κ3) is 4.66. The van der Waals surface area contributed by atoms with Gasteiger partial charge in [0.1, 0.15) is 9.88 Å². The van der Waals surface area contributed by atoms with Crippen LogP contribution in [-0.4, -0.2) is 71.8 Å². The maximum Gasteiger partial charge on any atom is 0.265 e. The molecule has 2 heterocycles. The molecule has 0 bridgehead atoms. The highest BCUT2D eigenvalue weighted by Crippen LogP contribution is 2.24. The summed E-state index contributed by atoms with van der Waals surface area (Å²) in [6.07, 6.45) is 0. The summed E-state index contributed by atoms with van der Waals surface area (Å²) in [5.74, 6) is -0.0956. The molecule has 1 aromatic heterocycles. The van der Waals surface area contributed by atoms with E-state index in [-0.39, 0.29) is 11.8 Å². The van der Waals surface area contributed by atoms with Gasteiger partial charge in [0.25, 0.3) is 11.8 Å². The van der Waals surface area contributed by atoms with E-state index in [1.165, 1.54) is 11.3 Å². The minimum absolute atomic E-state index is 0.0171. The van der Waals surface area contributed by atoms with E-state index < -0.39 is 0 Å². The summed E-state index contributed by atoms with van der Waals surface area (Å²) in [7, 11) is 3.48. The Hall–Kier alpha value is -1.67. The second-order valence-electron chi connectivity index (χ2n) is 6.91. The predicted octanol–water partition coefficient (Wildman–Crippen LogP) is 3.42. The van der Waals surface area contributed by atoms with Crippen LogP contribution in [0.15, 0.2) is 18.2 Å². The molecule has 1 aromatic carbocycles. The molecule has 3 rings (SSSR count). The number of halogens is 2. The van der Waals surface area contributed by atoms with Gasteiger partial charge in [0.05, 0.1) is 22.8 Å². The number of nitrogens with zero attached hydrogens (tertiary/aromatic N) is 4. The number of aromatic nitrogens is 1. The number of piperazine rings is 1. The van der Waals surface area contributed by atoms with E-state index in [4.69, 9.17) is 23.2 Å². The van der Waals surface area contributed by atoms with Gasteiger partial charge >= 0.3 is 0 Å². The number of rotatable bonds is 4. The summed E-state index contributed by atoms with van der Waals surface area (Å²) in [6, 6.07) is 4.93. The van der Waals surface area contributed by atoms with Crippen molar-refractivity contribution in [2.75, 3.05) is 40.3 Å². The van der Waals surface area contributed by atoms with Crippen molar-refractivity contribution < 1.29 is 9.59 Å². The van der Waals surface area contributed by atoms with Crippen molar-refractivity contribution >= 4 is 46.4 Å². The highest BCUT2D eigenvalue weighted by atomic mass is 35.5. The van der Waals surface area contributed by atoms with Crippen molar-refractivity contribution in [2.24, 2.45) is 0 Å². The van der Waals surface area contributed by atoms with Gasteiger partial charge in [-0.1, -0.05) is 23.2 Å². The number of thiazole rings is 1. The Labute approximate surface area is 178 Å². The molecule has 1 aliphatic rings. The Morgan fingerprint density at radius 1 is 1.18 bits per heavy atom. The highest BCUT2D eigenvalue weighted by Gasteiger charge is 2.25. The first-order valence-corrected chi connectivity index (χ1v) is 10.5. The van der Waals surface area contributed by atoms with Crippen molar-refractivity contribution in [3.63, 3.8) is 0 Å². The van der Waals surface area contributed by atoms with E-state index in [1.54, 1.807) is 42.1 Å². The topological polar surface area (TPSA) is 56.8 Å². The van der Waals surface area contributed by atoms with Crippen molar-refractivity contribution in [3.05, 3.63) is 49.4 Å². The summed E-state index contributed by atoms with van der Waals surface area (Å²) >= 11 is 13.5. The minimum atomic E-state index is -0.0784. The maximum atomic E-state index is 12.7. The molecule has 0 aliphatic carbocycles. The van der Waals surface area contributed by atoms with Crippen LogP contribution in [0.2, 0.25) is 10.0 Å². The highest BCUT2D eigenvalue weighted by molar-refractivity contribution is 7.13. The molecule has 1 fully saturated rings. The lowest BCUT2D eigenvalue weighted by atomic mass is 10.2. The van der Waals surface area contributed by atoms with Crippen LogP contribution in [0.1, 0.15) is 30.7 Å². The maximum absolute atomic E-state index is 12.7. The molecule has 6 nitrogen and oxygen atoms in total. The summed E-state index contributed by atoms with van der Waals surface area (Å²) < 4.78 is 0. The van der Waals surface area contributed by atoms with Crippen LogP contribution in [0, 0.1) is 6.92 Å². The summed E-state index contributed by atoms with van der Waals surface area (Å²) in [4.78, 5) is 35.8. The Kier molecular flexibility index (Phi) is 6.60. The van der Waals surface area contributed by atoms with Crippen molar-refractivity contribution in [1.29, 1.82) is 0 Å². The quantitative estimate of drug-likeness (QED) is 0.730. The van der Waals surface area contributed by atoms with Gasteiger partial charge in [-0.2, -0.15) is 0 Å². The molecule has 9 heteroatoms. The smallest absolute Gasteiger partial charge is 0.265 e. The van der Waals surface area contributed by atoms with Crippen LogP contribution in [0.3, 0.4) is 0 Å². The van der Waals surface area contributed by atoms with Crippen molar-refractivity contribution in [3.8, 4) is 0 Å². The lowest BCUT2D eigenvalue weighted by Gasteiger charge is -2.34. The van der Waals surface area contributed by atoms with E-state index in [0.29, 0.717) is 40.1 Å². The average molecular weight is 441 g/mol. The molecular weight excluding hydrogens is 419 g/mol. The zero-order valence-electron chi connectivity index (χ0n) is 16.0. The molecule has 0 spiro atoms. The number of amides is 2. The summed E-state index contributed by atoms with van der Waals surface area (Å²) in [5, 5.41) is 1.80. The molecule has 2 aromatic rings. The number of hydrogen-bond donors (Lipinski definition) is 0. The number of carbonyl (C=O) groups excluding carboxylic acids is 2. The van der Waals surface area contributed by atoms with Gasteiger partial charge < -0.3 is 9.80 Å². The van der Waals surface area contributed by atoms with Crippen LogP contribution in [0.5, 0.6) is 0 Å². The second kappa shape index (κ2) is 8.78. The Balaban J connectivity index is 1.59. The zero-order valence-corrected chi connectivity index (χ0v) is 18.4. The molecule has 0 unspecified atom stereocenters. The van der Waals surface area contributed by atoms with Crippen LogP contribution < -0.4 is 0 Å². The Morgan fingerprint density at radius 2 is 1.86 bits per heavy atom. The Bertz CT molecular complexity index is 892. The van der Waals surface area contributed by atoms with Crippen molar-refractivity contribution in [1.82, 2.24) is 19.7 Å². The SMILES string of the molecule is Cc1nc(CN2CCN(C(=O)c3ccc(Cl)cc3Cl)CC2)sc1C(=O)N(C)C. The third-order valence-corrected chi connectivity index (χ3v) is 6.30. The normalized spacial score (nSPS) is 15.0. The fourth-order valence-electron chi connectivity index (χ4n) is 3.06. The van der Waals surface area contributed by atoms with Gasteiger partial charge in [0.15, 0.2) is 0 Å². The summed E-state index contributed by atoms with van der Waals surface area (Å²) in [6.45, 7) is 5.26. The lowest BCUT2D eigenvalue weighted by Crippen LogP contribution is -2.48. The molecule has 1 aliphatic heterocycles. The first-order valence-electron chi connectivity index (χ1n) is 8.91. The summed E-state index contributed by atoms with van der Waals surface area (Å²) in [5.41, 5.74) is 1.24. The monoisotopic (exact) mass is 440 g/mol. The second-order valence-corrected chi connectivity index (χ2v) is 8.84. The van der Waals surface area contributed by atoms with Crippen LogP contribution >= 0.6 is 34.5 Å². The molecule has 2 amide bonds. The Morgan fingerprint density at radius 3 is 2.46 bits per heavy atom. The van der Waals surface area contributed by atoms with E-state index in [0.717, 1.165) is 23.8 Å². The number of carbonyl (C=O) groups is 2. The molecule has 0 radical (unpaired) electrons.